The molecular weight excluding hydrogens is 204 g/mol. The van der Waals surface area contributed by atoms with Crippen LogP contribution in [0.4, 0.5) is 0 Å². The van der Waals surface area contributed by atoms with Gasteiger partial charge in [0.1, 0.15) is 11.4 Å². The standard InChI is InChI=1S/C12H8N2O2/c15-7-8-1-2-11(16-8)9-3-5-13-12-10(9)4-6-14-12/h1-7H,(H,13,14). The third kappa shape index (κ3) is 1.24. The van der Waals surface area contributed by atoms with Gasteiger partial charge in [0.2, 0.25) is 0 Å². The molecule has 0 aromatic carbocycles. The summed E-state index contributed by atoms with van der Waals surface area (Å²) >= 11 is 0. The molecule has 78 valence electrons. The number of nitrogens with one attached hydrogen (secondary N) is 1. The molecule has 0 aliphatic carbocycles. The maximum atomic E-state index is 10.6. The Morgan fingerprint density at radius 3 is 3.00 bits per heavy atom. The van der Waals surface area contributed by atoms with E-state index in [0.29, 0.717) is 17.8 Å². The average Bonchev–Trinajstić information content (AvgIpc) is 2.97. The van der Waals surface area contributed by atoms with Gasteiger partial charge in [-0.15, -0.1) is 0 Å². The number of aromatic amines is 1. The molecule has 0 amide bonds. The number of nitrogens with zero attached hydrogens (tertiary/aromatic N) is 1. The Labute approximate surface area is 90.9 Å². The number of carbonyl (C=O) groups excluding carboxylic acids is 1. The first kappa shape index (κ1) is 8.91. The van der Waals surface area contributed by atoms with Crippen molar-refractivity contribution in [1.29, 1.82) is 0 Å². The molecule has 0 fully saturated rings. The van der Waals surface area contributed by atoms with E-state index in [4.69, 9.17) is 4.42 Å². The predicted molar refractivity (Wildman–Crippen MR) is 59.2 cm³/mol. The van der Waals surface area contributed by atoms with Crippen LogP contribution in [0.1, 0.15) is 10.6 Å². The van der Waals surface area contributed by atoms with E-state index in [9.17, 15) is 4.79 Å². The molecule has 3 aromatic rings. The van der Waals surface area contributed by atoms with Crippen LogP contribution in [0.3, 0.4) is 0 Å². The topological polar surface area (TPSA) is 58.9 Å². The molecule has 16 heavy (non-hydrogen) atoms. The van der Waals surface area contributed by atoms with Gasteiger partial charge in [-0.3, -0.25) is 4.79 Å². The van der Waals surface area contributed by atoms with Crippen LogP contribution in [0.15, 0.2) is 41.1 Å². The normalized spacial score (nSPS) is 10.8. The summed E-state index contributed by atoms with van der Waals surface area (Å²) in [6.07, 6.45) is 4.22. The van der Waals surface area contributed by atoms with Crippen LogP contribution in [-0.2, 0) is 0 Å². The summed E-state index contributed by atoms with van der Waals surface area (Å²) in [7, 11) is 0. The molecule has 4 nitrogen and oxygen atoms in total. The van der Waals surface area contributed by atoms with E-state index in [2.05, 4.69) is 9.97 Å². The summed E-state index contributed by atoms with van der Waals surface area (Å²) in [6.45, 7) is 0. The fourth-order valence-electron chi connectivity index (χ4n) is 1.74. The Bertz CT molecular complexity index is 652. The number of H-pyrrole nitrogens is 1. The van der Waals surface area contributed by atoms with Gasteiger partial charge in [0, 0.05) is 23.3 Å². The summed E-state index contributed by atoms with van der Waals surface area (Å²) < 4.78 is 5.39. The lowest BCUT2D eigenvalue weighted by Crippen LogP contribution is -1.79. The number of aromatic nitrogens is 2. The number of fused-ring (bicyclic) bond motifs is 1. The summed E-state index contributed by atoms with van der Waals surface area (Å²) in [5, 5.41) is 0.981. The monoisotopic (exact) mass is 212 g/mol. The van der Waals surface area contributed by atoms with Gasteiger partial charge in [-0.25, -0.2) is 4.98 Å². The van der Waals surface area contributed by atoms with Crippen molar-refractivity contribution in [3.8, 4) is 11.3 Å². The SMILES string of the molecule is O=Cc1ccc(-c2ccnc3[nH]ccc23)o1. The Balaban J connectivity index is 2.24. The first-order valence-corrected chi connectivity index (χ1v) is 4.86. The maximum Gasteiger partial charge on any atom is 0.185 e. The second-order valence-electron chi connectivity index (χ2n) is 3.42. The molecular formula is C12H8N2O2. The van der Waals surface area contributed by atoms with E-state index < -0.39 is 0 Å². The van der Waals surface area contributed by atoms with Crippen molar-refractivity contribution in [1.82, 2.24) is 9.97 Å². The molecule has 3 rings (SSSR count). The van der Waals surface area contributed by atoms with E-state index in [1.54, 1.807) is 18.3 Å². The number of hydrogen-bond acceptors (Lipinski definition) is 3. The van der Waals surface area contributed by atoms with Crippen LogP contribution < -0.4 is 0 Å². The number of aldehydes is 1. The van der Waals surface area contributed by atoms with Gasteiger partial charge < -0.3 is 9.40 Å². The third-order valence-electron chi connectivity index (χ3n) is 2.47. The largest absolute Gasteiger partial charge is 0.453 e. The van der Waals surface area contributed by atoms with Gasteiger partial charge in [0.15, 0.2) is 12.0 Å². The number of hydrogen-bond donors (Lipinski definition) is 1. The molecule has 4 heteroatoms. The lowest BCUT2D eigenvalue weighted by Gasteiger charge is -1.98. The third-order valence-corrected chi connectivity index (χ3v) is 2.47. The van der Waals surface area contributed by atoms with Crippen molar-refractivity contribution < 1.29 is 9.21 Å². The van der Waals surface area contributed by atoms with E-state index >= 15 is 0 Å². The molecule has 1 N–H and O–H groups in total. The molecule has 0 atom stereocenters. The number of rotatable bonds is 2. The van der Waals surface area contributed by atoms with Crippen molar-refractivity contribution in [2.75, 3.05) is 0 Å². The molecule has 0 unspecified atom stereocenters. The molecule has 0 saturated carbocycles. The highest BCUT2D eigenvalue weighted by molar-refractivity contribution is 5.91. The molecule has 0 bridgehead atoms. The van der Waals surface area contributed by atoms with Gasteiger partial charge in [0.25, 0.3) is 0 Å². The van der Waals surface area contributed by atoms with Gasteiger partial charge in [-0.2, -0.15) is 0 Å². The maximum absolute atomic E-state index is 10.6. The summed E-state index contributed by atoms with van der Waals surface area (Å²) in [4.78, 5) is 17.8. The summed E-state index contributed by atoms with van der Waals surface area (Å²) in [5.41, 5.74) is 1.74. The van der Waals surface area contributed by atoms with Gasteiger partial charge in [0.05, 0.1) is 0 Å². The van der Waals surface area contributed by atoms with Crippen molar-refractivity contribution in [2.45, 2.75) is 0 Å². The lowest BCUT2D eigenvalue weighted by molar-refractivity contribution is 0.110. The molecule has 0 saturated heterocycles. The lowest BCUT2D eigenvalue weighted by atomic mass is 10.1. The van der Waals surface area contributed by atoms with Crippen LogP contribution in [0.2, 0.25) is 0 Å². The average molecular weight is 212 g/mol. The van der Waals surface area contributed by atoms with Crippen LogP contribution >= 0.6 is 0 Å². The van der Waals surface area contributed by atoms with E-state index in [-0.39, 0.29) is 0 Å². The van der Waals surface area contributed by atoms with Gasteiger partial charge >= 0.3 is 0 Å². The molecule has 3 aromatic heterocycles. The molecule has 3 heterocycles. The van der Waals surface area contributed by atoms with E-state index in [0.717, 1.165) is 16.6 Å². The summed E-state index contributed by atoms with van der Waals surface area (Å²) in [5.74, 6) is 1.00. The minimum atomic E-state index is 0.329. The van der Waals surface area contributed by atoms with Gasteiger partial charge in [-0.1, -0.05) is 0 Å². The molecule has 0 aliphatic rings. The zero-order valence-corrected chi connectivity index (χ0v) is 8.31. The minimum Gasteiger partial charge on any atom is -0.453 e. The van der Waals surface area contributed by atoms with Gasteiger partial charge in [-0.05, 0) is 24.3 Å². The predicted octanol–water partition coefficient (Wildman–Crippen LogP) is 2.64. The fourth-order valence-corrected chi connectivity index (χ4v) is 1.74. The highest BCUT2D eigenvalue weighted by Crippen LogP contribution is 2.27. The second kappa shape index (κ2) is 3.34. The van der Waals surface area contributed by atoms with E-state index in [1.807, 2.05) is 18.3 Å². The second-order valence-corrected chi connectivity index (χ2v) is 3.42. The molecule has 0 spiro atoms. The van der Waals surface area contributed by atoms with Crippen molar-refractivity contribution in [3.63, 3.8) is 0 Å². The molecule has 0 aliphatic heterocycles. The highest BCUT2D eigenvalue weighted by Gasteiger charge is 2.08. The number of furan rings is 1. The highest BCUT2D eigenvalue weighted by atomic mass is 16.3. The summed E-state index contributed by atoms with van der Waals surface area (Å²) in [6, 6.07) is 7.23. The van der Waals surface area contributed by atoms with Crippen molar-refractivity contribution in [3.05, 3.63) is 42.4 Å². The van der Waals surface area contributed by atoms with Crippen LogP contribution in [0.5, 0.6) is 0 Å². The minimum absolute atomic E-state index is 0.329. The Morgan fingerprint density at radius 1 is 1.25 bits per heavy atom. The van der Waals surface area contributed by atoms with Crippen LogP contribution in [0.25, 0.3) is 22.4 Å². The first-order chi connectivity index (χ1) is 7.88. The molecule has 0 radical (unpaired) electrons. The zero-order valence-electron chi connectivity index (χ0n) is 8.31. The van der Waals surface area contributed by atoms with Crippen molar-refractivity contribution in [2.24, 2.45) is 0 Å². The zero-order chi connectivity index (χ0) is 11.0. The number of carbonyl (C=O) groups is 1. The van der Waals surface area contributed by atoms with E-state index in [1.165, 1.54) is 0 Å². The Kier molecular flexibility index (Phi) is 1.86. The first-order valence-electron chi connectivity index (χ1n) is 4.86. The Morgan fingerprint density at radius 2 is 2.19 bits per heavy atom. The smallest absolute Gasteiger partial charge is 0.185 e. The van der Waals surface area contributed by atoms with Crippen molar-refractivity contribution >= 4 is 17.3 Å². The Hall–Kier alpha value is -2.36. The quantitative estimate of drug-likeness (QED) is 0.664. The number of pyridine rings is 1. The van der Waals surface area contributed by atoms with Crippen LogP contribution in [0, 0.1) is 0 Å². The van der Waals surface area contributed by atoms with Crippen LogP contribution in [-0.4, -0.2) is 16.3 Å². The fraction of sp³-hybridized carbons (Fsp3) is 0.